The molecule has 1 unspecified atom stereocenters. The number of rotatable bonds is 6. The summed E-state index contributed by atoms with van der Waals surface area (Å²) < 4.78 is 0. The maximum atomic E-state index is 12.1. The summed E-state index contributed by atoms with van der Waals surface area (Å²) in [5.74, 6) is 0.0160. The van der Waals surface area contributed by atoms with Crippen LogP contribution in [0.1, 0.15) is 31.1 Å². The van der Waals surface area contributed by atoms with Gasteiger partial charge < -0.3 is 10.4 Å². The molecule has 1 amide bonds. The SMILES string of the molecule is CCSC(C(=O)Nc1cccc(C(=O)O)c1)C(C)C. The molecule has 4 nitrogen and oxygen atoms in total. The molecule has 0 aliphatic heterocycles. The van der Waals surface area contributed by atoms with E-state index in [9.17, 15) is 9.59 Å². The third kappa shape index (κ3) is 4.59. The first-order chi connectivity index (χ1) is 8.95. The number of hydrogen-bond donors (Lipinski definition) is 2. The molecule has 5 heteroatoms. The molecular weight excluding hydrogens is 262 g/mol. The van der Waals surface area contributed by atoms with Crippen molar-refractivity contribution in [1.82, 2.24) is 0 Å². The van der Waals surface area contributed by atoms with Crippen LogP contribution in [0.2, 0.25) is 0 Å². The van der Waals surface area contributed by atoms with Gasteiger partial charge in [0, 0.05) is 5.69 Å². The summed E-state index contributed by atoms with van der Waals surface area (Å²) in [5, 5.41) is 11.6. The van der Waals surface area contributed by atoms with E-state index in [1.165, 1.54) is 12.1 Å². The fourth-order valence-corrected chi connectivity index (χ4v) is 2.65. The second-order valence-corrected chi connectivity index (χ2v) is 5.91. The largest absolute Gasteiger partial charge is 0.478 e. The van der Waals surface area contributed by atoms with Crippen LogP contribution in [-0.4, -0.2) is 28.0 Å². The van der Waals surface area contributed by atoms with Crippen molar-refractivity contribution in [3.05, 3.63) is 29.8 Å². The molecule has 0 bridgehead atoms. The molecule has 0 aliphatic carbocycles. The van der Waals surface area contributed by atoms with Gasteiger partial charge in [0.2, 0.25) is 5.91 Å². The first kappa shape index (κ1) is 15.6. The first-order valence-corrected chi connectivity index (χ1v) is 7.26. The first-order valence-electron chi connectivity index (χ1n) is 6.21. The summed E-state index contributed by atoms with van der Waals surface area (Å²) in [6.45, 7) is 6.01. The van der Waals surface area contributed by atoms with Gasteiger partial charge in [0.25, 0.3) is 0 Å². The van der Waals surface area contributed by atoms with Gasteiger partial charge in [-0.25, -0.2) is 4.79 Å². The van der Waals surface area contributed by atoms with Crippen LogP contribution in [0, 0.1) is 5.92 Å². The van der Waals surface area contributed by atoms with Crippen LogP contribution in [0.15, 0.2) is 24.3 Å². The van der Waals surface area contributed by atoms with Crippen LogP contribution in [-0.2, 0) is 4.79 Å². The van der Waals surface area contributed by atoms with Crippen molar-refractivity contribution in [1.29, 1.82) is 0 Å². The maximum Gasteiger partial charge on any atom is 0.335 e. The molecule has 0 radical (unpaired) electrons. The number of carboxylic acid groups (broad SMARTS) is 1. The van der Waals surface area contributed by atoms with E-state index >= 15 is 0 Å². The average Bonchev–Trinajstić information content (AvgIpc) is 2.35. The maximum absolute atomic E-state index is 12.1. The highest BCUT2D eigenvalue weighted by Crippen LogP contribution is 2.21. The number of anilines is 1. The Balaban J connectivity index is 2.80. The molecule has 0 heterocycles. The fourth-order valence-electron chi connectivity index (χ4n) is 1.69. The van der Waals surface area contributed by atoms with Crippen molar-refractivity contribution in [3.63, 3.8) is 0 Å². The zero-order valence-electron chi connectivity index (χ0n) is 11.3. The van der Waals surface area contributed by atoms with Crippen molar-refractivity contribution in [2.24, 2.45) is 5.92 Å². The minimum Gasteiger partial charge on any atom is -0.478 e. The molecular formula is C14H19NO3S. The summed E-state index contributed by atoms with van der Waals surface area (Å²) in [6.07, 6.45) is 0. The highest BCUT2D eigenvalue weighted by atomic mass is 32.2. The molecule has 0 fully saturated rings. The van der Waals surface area contributed by atoms with E-state index < -0.39 is 5.97 Å². The van der Waals surface area contributed by atoms with E-state index in [-0.39, 0.29) is 22.6 Å². The summed E-state index contributed by atoms with van der Waals surface area (Å²) in [6, 6.07) is 6.28. The van der Waals surface area contributed by atoms with Gasteiger partial charge in [-0.3, -0.25) is 4.79 Å². The standard InChI is InChI=1S/C14H19NO3S/c1-4-19-12(9(2)3)13(16)15-11-7-5-6-10(8-11)14(17)18/h5-9,12H,4H2,1-3H3,(H,15,16)(H,17,18). The van der Waals surface area contributed by atoms with E-state index in [1.807, 2.05) is 20.8 Å². The highest BCUT2D eigenvalue weighted by Gasteiger charge is 2.22. The zero-order chi connectivity index (χ0) is 14.4. The van der Waals surface area contributed by atoms with E-state index in [0.717, 1.165) is 5.75 Å². The topological polar surface area (TPSA) is 66.4 Å². The van der Waals surface area contributed by atoms with Crippen LogP contribution in [0.25, 0.3) is 0 Å². The molecule has 0 saturated heterocycles. The number of benzene rings is 1. The molecule has 1 aromatic rings. The van der Waals surface area contributed by atoms with Gasteiger partial charge in [0.05, 0.1) is 10.8 Å². The van der Waals surface area contributed by atoms with Crippen LogP contribution in [0.3, 0.4) is 0 Å². The van der Waals surface area contributed by atoms with E-state index in [2.05, 4.69) is 5.32 Å². The number of carbonyl (C=O) groups excluding carboxylic acids is 1. The molecule has 0 saturated carbocycles. The number of nitrogens with one attached hydrogen (secondary N) is 1. The predicted molar refractivity (Wildman–Crippen MR) is 78.8 cm³/mol. The smallest absolute Gasteiger partial charge is 0.335 e. The summed E-state index contributed by atoms with van der Waals surface area (Å²) >= 11 is 1.59. The van der Waals surface area contributed by atoms with Crippen molar-refractivity contribution < 1.29 is 14.7 Å². The number of hydrogen-bond acceptors (Lipinski definition) is 3. The quantitative estimate of drug-likeness (QED) is 0.841. The Labute approximate surface area is 117 Å². The molecule has 1 aromatic carbocycles. The van der Waals surface area contributed by atoms with Gasteiger partial charge in [-0.1, -0.05) is 26.8 Å². The van der Waals surface area contributed by atoms with Crippen molar-refractivity contribution in [2.45, 2.75) is 26.0 Å². The van der Waals surface area contributed by atoms with Crippen molar-refractivity contribution in [2.75, 3.05) is 11.1 Å². The lowest BCUT2D eigenvalue weighted by Gasteiger charge is -2.19. The predicted octanol–water partition coefficient (Wildman–Crippen LogP) is 3.10. The Kier molecular flexibility index (Phi) is 5.89. The summed E-state index contributed by atoms with van der Waals surface area (Å²) in [4.78, 5) is 23.0. The van der Waals surface area contributed by atoms with Gasteiger partial charge in [0.15, 0.2) is 0 Å². The van der Waals surface area contributed by atoms with Gasteiger partial charge in [0.1, 0.15) is 0 Å². The second-order valence-electron chi connectivity index (χ2n) is 4.50. The Hall–Kier alpha value is -1.49. The lowest BCUT2D eigenvalue weighted by molar-refractivity contribution is -0.116. The lowest BCUT2D eigenvalue weighted by Crippen LogP contribution is -2.29. The lowest BCUT2D eigenvalue weighted by atomic mass is 10.1. The Morgan fingerprint density at radius 2 is 2.05 bits per heavy atom. The second kappa shape index (κ2) is 7.19. The number of thioether (sulfide) groups is 1. The molecule has 0 aromatic heterocycles. The van der Waals surface area contributed by atoms with Gasteiger partial charge in [-0.15, -0.1) is 11.8 Å². The Bertz CT molecular complexity index is 460. The fraction of sp³-hybridized carbons (Fsp3) is 0.429. The number of amides is 1. The number of carbonyl (C=O) groups is 2. The van der Waals surface area contributed by atoms with Gasteiger partial charge in [-0.05, 0) is 29.9 Å². The molecule has 104 valence electrons. The molecule has 0 spiro atoms. The Morgan fingerprint density at radius 1 is 1.37 bits per heavy atom. The molecule has 2 N–H and O–H groups in total. The number of aromatic carboxylic acids is 1. The normalized spacial score (nSPS) is 12.2. The zero-order valence-corrected chi connectivity index (χ0v) is 12.2. The van der Waals surface area contributed by atoms with Crippen molar-refractivity contribution >= 4 is 29.3 Å². The van der Waals surface area contributed by atoms with E-state index in [1.54, 1.807) is 23.9 Å². The summed E-state index contributed by atoms with van der Waals surface area (Å²) in [5.41, 5.74) is 0.689. The van der Waals surface area contributed by atoms with E-state index in [4.69, 9.17) is 5.11 Å². The van der Waals surface area contributed by atoms with E-state index in [0.29, 0.717) is 5.69 Å². The van der Waals surface area contributed by atoms with Crippen LogP contribution in [0.4, 0.5) is 5.69 Å². The minimum absolute atomic E-state index is 0.0793. The Morgan fingerprint density at radius 3 is 2.58 bits per heavy atom. The molecule has 1 rings (SSSR count). The molecule has 19 heavy (non-hydrogen) atoms. The third-order valence-corrected chi connectivity index (χ3v) is 4.04. The van der Waals surface area contributed by atoms with Crippen LogP contribution < -0.4 is 5.32 Å². The monoisotopic (exact) mass is 281 g/mol. The number of carboxylic acids is 1. The van der Waals surface area contributed by atoms with Crippen molar-refractivity contribution in [3.8, 4) is 0 Å². The highest BCUT2D eigenvalue weighted by molar-refractivity contribution is 8.00. The average molecular weight is 281 g/mol. The molecule has 0 aliphatic rings. The summed E-state index contributed by atoms with van der Waals surface area (Å²) in [7, 11) is 0. The van der Waals surface area contributed by atoms with Crippen LogP contribution >= 0.6 is 11.8 Å². The molecule has 1 atom stereocenters. The third-order valence-electron chi connectivity index (χ3n) is 2.59. The van der Waals surface area contributed by atoms with Gasteiger partial charge in [-0.2, -0.15) is 0 Å². The minimum atomic E-state index is -1.00. The van der Waals surface area contributed by atoms with Crippen LogP contribution in [0.5, 0.6) is 0 Å². The van der Waals surface area contributed by atoms with Gasteiger partial charge >= 0.3 is 5.97 Å².